The summed E-state index contributed by atoms with van der Waals surface area (Å²) < 4.78 is 9.93. The first-order chi connectivity index (χ1) is 11.4. The minimum atomic E-state index is -1.24. The monoisotopic (exact) mass is 330 g/mol. The molecular formula is C18H18O6. The third kappa shape index (κ3) is 4.65. The fraction of sp³-hybridized carbons (Fsp3) is 0.222. The van der Waals surface area contributed by atoms with E-state index in [1.807, 2.05) is 0 Å². The first-order valence-electron chi connectivity index (χ1n) is 7.29. The molecule has 2 aromatic carbocycles. The molecule has 0 aliphatic rings. The molecule has 0 bridgehead atoms. The molecule has 2 atom stereocenters. The van der Waals surface area contributed by atoms with Gasteiger partial charge in [0, 0.05) is 13.8 Å². The Morgan fingerprint density at radius 2 is 1.17 bits per heavy atom. The molecule has 0 fully saturated rings. The highest BCUT2D eigenvalue weighted by molar-refractivity contribution is 5.69. The largest absolute Gasteiger partial charge is 0.427 e. The molecule has 2 unspecified atom stereocenters. The average Bonchev–Trinajstić information content (AvgIpc) is 2.52. The number of ether oxygens (including phenoxy) is 2. The van der Waals surface area contributed by atoms with Gasteiger partial charge in [-0.25, -0.2) is 0 Å². The van der Waals surface area contributed by atoms with Gasteiger partial charge in [-0.3, -0.25) is 9.59 Å². The number of benzene rings is 2. The maximum atomic E-state index is 11.0. The van der Waals surface area contributed by atoms with E-state index in [0.717, 1.165) is 0 Å². The second-order valence-corrected chi connectivity index (χ2v) is 5.22. The van der Waals surface area contributed by atoms with Gasteiger partial charge in [-0.1, -0.05) is 24.3 Å². The number of carbonyl (C=O) groups excluding carboxylic acids is 2. The Morgan fingerprint density at radius 1 is 0.792 bits per heavy atom. The summed E-state index contributed by atoms with van der Waals surface area (Å²) >= 11 is 0. The smallest absolute Gasteiger partial charge is 0.308 e. The minimum Gasteiger partial charge on any atom is -0.427 e. The molecule has 0 spiro atoms. The lowest BCUT2D eigenvalue weighted by molar-refractivity contribution is -0.132. The van der Waals surface area contributed by atoms with Gasteiger partial charge in [0.15, 0.2) is 0 Å². The Labute approximate surface area is 139 Å². The summed E-state index contributed by atoms with van der Waals surface area (Å²) in [6.45, 7) is 2.55. The molecule has 0 heterocycles. The number of aliphatic hydroxyl groups excluding tert-OH is 2. The number of rotatable bonds is 5. The predicted octanol–water partition coefficient (Wildman–Crippen LogP) is 2.30. The van der Waals surface area contributed by atoms with E-state index in [1.54, 1.807) is 36.4 Å². The van der Waals surface area contributed by atoms with E-state index in [4.69, 9.17) is 9.47 Å². The van der Waals surface area contributed by atoms with Crippen molar-refractivity contribution in [3.8, 4) is 11.5 Å². The van der Waals surface area contributed by atoms with Crippen LogP contribution in [0.1, 0.15) is 37.2 Å². The fourth-order valence-corrected chi connectivity index (χ4v) is 2.22. The van der Waals surface area contributed by atoms with E-state index in [0.29, 0.717) is 11.1 Å². The molecule has 0 amide bonds. The zero-order valence-electron chi connectivity index (χ0n) is 13.3. The topological polar surface area (TPSA) is 93.1 Å². The Bertz CT molecular complexity index is 676. The van der Waals surface area contributed by atoms with Crippen LogP contribution in [0.15, 0.2) is 48.5 Å². The van der Waals surface area contributed by atoms with Crippen molar-refractivity contribution in [1.82, 2.24) is 0 Å². The maximum absolute atomic E-state index is 11.0. The number of hydrogen-bond acceptors (Lipinski definition) is 6. The highest BCUT2D eigenvalue weighted by atomic mass is 16.5. The molecule has 0 saturated carbocycles. The van der Waals surface area contributed by atoms with Crippen molar-refractivity contribution >= 4 is 11.9 Å². The molecule has 24 heavy (non-hydrogen) atoms. The zero-order valence-corrected chi connectivity index (χ0v) is 13.3. The van der Waals surface area contributed by atoms with Crippen molar-refractivity contribution in [2.45, 2.75) is 26.1 Å². The molecule has 0 saturated heterocycles. The van der Waals surface area contributed by atoms with E-state index < -0.39 is 24.1 Å². The van der Waals surface area contributed by atoms with Crippen LogP contribution in [-0.2, 0) is 9.59 Å². The number of aliphatic hydroxyl groups is 2. The maximum Gasteiger partial charge on any atom is 0.308 e. The number of esters is 2. The first-order valence-corrected chi connectivity index (χ1v) is 7.29. The summed E-state index contributed by atoms with van der Waals surface area (Å²) in [7, 11) is 0. The van der Waals surface area contributed by atoms with Crippen molar-refractivity contribution in [2.75, 3.05) is 0 Å². The molecule has 0 aliphatic heterocycles. The molecule has 0 aromatic heterocycles. The van der Waals surface area contributed by atoms with Gasteiger partial charge < -0.3 is 19.7 Å². The summed E-state index contributed by atoms with van der Waals surface area (Å²) in [6, 6.07) is 12.5. The van der Waals surface area contributed by atoms with Gasteiger partial charge in [0.2, 0.25) is 0 Å². The quantitative estimate of drug-likeness (QED) is 0.645. The van der Waals surface area contributed by atoms with Crippen LogP contribution in [0.4, 0.5) is 0 Å². The SMILES string of the molecule is CC(=O)Oc1cccc(C(O)C(O)c2cccc(OC(C)=O)c2)c1. The van der Waals surface area contributed by atoms with Crippen molar-refractivity contribution in [1.29, 1.82) is 0 Å². The Balaban J connectivity index is 2.21. The summed E-state index contributed by atoms with van der Waals surface area (Å²) in [4.78, 5) is 22.0. The molecule has 126 valence electrons. The van der Waals surface area contributed by atoms with Gasteiger partial charge in [0.05, 0.1) is 0 Å². The van der Waals surface area contributed by atoms with E-state index in [-0.39, 0.29) is 11.5 Å². The molecule has 2 rings (SSSR count). The van der Waals surface area contributed by atoms with Crippen LogP contribution < -0.4 is 9.47 Å². The summed E-state index contributed by atoms with van der Waals surface area (Å²) in [6.07, 6.45) is -2.49. The van der Waals surface area contributed by atoms with E-state index in [2.05, 4.69) is 0 Å². The van der Waals surface area contributed by atoms with Crippen LogP contribution >= 0.6 is 0 Å². The van der Waals surface area contributed by atoms with Gasteiger partial charge in [-0.15, -0.1) is 0 Å². The second kappa shape index (κ2) is 7.72. The van der Waals surface area contributed by atoms with Crippen LogP contribution in [0.25, 0.3) is 0 Å². The molecule has 0 radical (unpaired) electrons. The van der Waals surface area contributed by atoms with Crippen LogP contribution in [-0.4, -0.2) is 22.2 Å². The molecule has 2 aromatic rings. The van der Waals surface area contributed by atoms with Crippen LogP contribution in [0.5, 0.6) is 11.5 Å². The van der Waals surface area contributed by atoms with Crippen LogP contribution in [0.2, 0.25) is 0 Å². The highest BCUT2D eigenvalue weighted by Gasteiger charge is 2.21. The molecular weight excluding hydrogens is 312 g/mol. The van der Waals surface area contributed by atoms with Gasteiger partial charge in [0.25, 0.3) is 0 Å². The van der Waals surface area contributed by atoms with Gasteiger partial charge in [-0.05, 0) is 35.4 Å². The highest BCUT2D eigenvalue weighted by Crippen LogP contribution is 2.31. The normalized spacial score (nSPS) is 13.0. The van der Waals surface area contributed by atoms with Gasteiger partial charge in [0.1, 0.15) is 23.7 Å². The predicted molar refractivity (Wildman–Crippen MR) is 85.4 cm³/mol. The first kappa shape index (κ1) is 17.7. The minimum absolute atomic E-state index is 0.278. The lowest BCUT2D eigenvalue weighted by Crippen LogP contribution is -2.11. The summed E-state index contributed by atoms with van der Waals surface area (Å²) in [5.74, 6) is -0.396. The molecule has 2 N–H and O–H groups in total. The van der Waals surface area contributed by atoms with Gasteiger partial charge in [-0.2, -0.15) is 0 Å². The molecule has 0 aliphatic carbocycles. The standard InChI is InChI=1S/C18H18O6/c1-11(19)23-15-7-3-5-13(9-15)17(21)18(22)14-6-4-8-16(10-14)24-12(2)20/h3-10,17-18,21-22H,1-2H3. The van der Waals surface area contributed by atoms with Crippen molar-refractivity contribution < 1.29 is 29.3 Å². The van der Waals surface area contributed by atoms with Crippen molar-refractivity contribution in [3.63, 3.8) is 0 Å². The molecule has 6 nitrogen and oxygen atoms in total. The number of hydrogen-bond donors (Lipinski definition) is 2. The Kier molecular flexibility index (Phi) is 5.68. The third-order valence-corrected chi connectivity index (χ3v) is 3.22. The van der Waals surface area contributed by atoms with E-state index in [1.165, 1.54) is 26.0 Å². The molecule has 6 heteroatoms. The van der Waals surface area contributed by atoms with Crippen LogP contribution in [0, 0.1) is 0 Å². The van der Waals surface area contributed by atoms with Crippen molar-refractivity contribution in [2.24, 2.45) is 0 Å². The average molecular weight is 330 g/mol. The van der Waals surface area contributed by atoms with E-state index >= 15 is 0 Å². The Morgan fingerprint density at radius 3 is 1.50 bits per heavy atom. The number of carbonyl (C=O) groups is 2. The lowest BCUT2D eigenvalue weighted by Gasteiger charge is -2.19. The van der Waals surface area contributed by atoms with Gasteiger partial charge >= 0.3 is 11.9 Å². The van der Waals surface area contributed by atoms with Crippen molar-refractivity contribution in [3.05, 3.63) is 59.7 Å². The lowest BCUT2D eigenvalue weighted by atomic mass is 9.98. The zero-order chi connectivity index (χ0) is 17.7. The second-order valence-electron chi connectivity index (χ2n) is 5.22. The summed E-state index contributed by atoms with van der Waals surface area (Å²) in [5.41, 5.74) is 0.776. The Hall–Kier alpha value is -2.70. The summed E-state index contributed by atoms with van der Waals surface area (Å²) in [5, 5.41) is 20.8. The van der Waals surface area contributed by atoms with Crippen LogP contribution in [0.3, 0.4) is 0 Å². The fourth-order valence-electron chi connectivity index (χ4n) is 2.22. The van der Waals surface area contributed by atoms with E-state index in [9.17, 15) is 19.8 Å². The third-order valence-electron chi connectivity index (χ3n) is 3.22.